The number of carboxylic acid groups (broad SMARTS) is 1. The van der Waals surface area contributed by atoms with Crippen LogP contribution in [0.25, 0.3) is 10.9 Å². The van der Waals surface area contributed by atoms with Gasteiger partial charge in [-0.3, -0.25) is 9.59 Å². The minimum atomic E-state index is -2.57. The molecule has 2 N–H and O–H groups in total. The lowest BCUT2D eigenvalue weighted by molar-refractivity contribution is -0.137. The van der Waals surface area contributed by atoms with Gasteiger partial charge in [-0.05, 0) is 23.8 Å². The van der Waals surface area contributed by atoms with Crippen LogP contribution in [0.15, 0.2) is 60.9 Å². The van der Waals surface area contributed by atoms with Crippen molar-refractivity contribution in [2.75, 3.05) is 0 Å². The monoisotopic (exact) mass is 430 g/mol. The van der Waals surface area contributed by atoms with E-state index in [0.29, 0.717) is 11.1 Å². The number of amides is 1. The van der Waals surface area contributed by atoms with Gasteiger partial charge in [0.15, 0.2) is 0 Å². The number of carbonyl (C=O) groups excluding carboxylic acids is 1. The predicted molar refractivity (Wildman–Crippen MR) is 110 cm³/mol. The number of alkyl halides is 2. The maximum Gasteiger partial charge on any atom is 0.304 e. The molecule has 2 aromatic carbocycles. The fourth-order valence-corrected chi connectivity index (χ4v) is 3.29. The van der Waals surface area contributed by atoms with Crippen LogP contribution in [0.5, 0.6) is 0 Å². The smallest absolute Gasteiger partial charge is 0.304 e. The standard InChI is InChI=1S/C23H21F3N2O3/c1-13(11-20(29)30)14(2)27-23(31)18-7-8-19(24)17-9-10-28(21(17)18)12-15-3-5-16(6-4-15)22(25)26/h3-10,13,22H,2,11-12H2,1H3,(H,27,31)(H,29,30)/t13-/m0/s1. The summed E-state index contributed by atoms with van der Waals surface area (Å²) in [7, 11) is 0. The van der Waals surface area contributed by atoms with Crippen LogP contribution in [0, 0.1) is 11.7 Å². The van der Waals surface area contributed by atoms with Crippen molar-refractivity contribution in [1.29, 1.82) is 0 Å². The molecule has 0 saturated heterocycles. The van der Waals surface area contributed by atoms with Crippen molar-refractivity contribution in [3.05, 3.63) is 83.4 Å². The normalized spacial score (nSPS) is 12.2. The Balaban J connectivity index is 1.91. The number of hydrogen-bond donors (Lipinski definition) is 2. The van der Waals surface area contributed by atoms with Crippen molar-refractivity contribution >= 4 is 22.8 Å². The third kappa shape index (κ3) is 4.96. The number of nitrogens with one attached hydrogen (secondary N) is 1. The Kier molecular flexibility index (Phi) is 6.48. The second-order valence-corrected chi connectivity index (χ2v) is 7.32. The summed E-state index contributed by atoms with van der Waals surface area (Å²) in [6, 6.07) is 9.84. The van der Waals surface area contributed by atoms with Crippen LogP contribution < -0.4 is 5.32 Å². The minimum absolute atomic E-state index is 0.0961. The number of carboxylic acids is 1. The Bertz CT molecular complexity index is 1140. The Morgan fingerprint density at radius 1 is 1.13 bits per heavy atom. The highest BCUT2D eigenvalue weighted by atomic mass is 19.3. The average Bonchev–Trinajstić information content (AvgIpc) is 3.12. The zero-order valence-corrected chi connectivity index (χ0v) is 16.7. The van der Waals surface area contributed by atoms with E-state index in [9.17, 15) is 22.8 Å². The molecular weight excluding hydrogens is 409 g/mol. The molecule has 0 aliphatic rings. The molecule has 0 fully saturated rings. The first-order valence-corrected chi connectivity index (χ1v) is 9.53. The minimum Gasteiger partial charge on any atom is -0.481 e. The summed E-state index contributed by atoms with van der Waals surface area (Å²) in [6.45, 7) is 5.60. The Labute approximate surface area is 176 Å². The SMILES string of the molecule is C=C(NC(=O)c1ccc(F)c2ccn(Cc3ccc(C(F)F)cc3)c12)[C@@H](C)CC(=O)O. The van der Waals surface area contributed by atoms with Crippen molar-refractivity contribution in [3.8, 4) is 0 Å². The first-order chi connectivity index (χ1) is 14.7. The van der Waals surface area contributed by atoms with Gasteiger partial charge >= 0.3 is 5.97 Å². The third-order valence-corrected chi connectivity index (χ3v) is 5.05. The van der Waals surface area contributed by atoms with Crippen molar-refractivity contribution in [1.82, 2.24) is 9.88 Å². The molecule has 0 bridgehead atoms. The van der Waals surface area contributed by atoms with Crippen LogP contribution in [0.1, 0.15) is 41.3 Å². The number of carbonyl (C=O) groups is 2. The first-order valence-electron chi connectivity index (χ1n) is 9.53. The zero-order valence-electron chi connectivity index (χ0n) is 16.7. The Hall–Kier alpha value is -3.55. The van der Waals surface area contributed by atoms with E-state index in [1.807, 2.05) is 0 Å². The molecular formula is C23H21F3N2O3. The summed E-state index contributed by atoms with van der Waals surface area (Å²) in [5.74, 6) is -2.55. The molecule has 0 unspecified atom stereocenters. The maximum absolute atomic E-state index is 14.3. The zero-order chi connectivity index (χ0) is 22.7. The van der Waals surface area contributed by atoms with Crippen molar-refractivity contribution in [2.24, 2.45) is 5.92 Å². The highest BCUT2D eigenvalue weighted by Crippen LogP contribution is 2.26. The van der Waals surface area contributed by atoms with Crippen LogP contribution in [-0.2, 0) is 11.3 Å². The topological polar surface area (TPSA) is 71.3 Å². The van der Waals surface area contributed by atoms with Gasteiger partial charge in [0.2, 0.25) is 0 Å². The molecule has 0 spiro atoms. The second-order valence-electron chi connectivity index (χ2n) is 7.32. The number of fused-ring (bicyclic) bond motifs is 1. The maximum atomic E-state index is 14.3. The van der Waals surface area contributed by atoms with Gasteiger partial charge in [0.25, 0.3) is 12.3 Å². The summed E-state index contributed by atoms with van der Waals surface area (Å²) < 4.78 is 41.5. The van der Waals surface area contributed by atoms with Gasteiger partial charge in [0.1, 0.15) is 5.82 Å². The number of benzene rings is 2. The molecule has 0 saturated carbocycles. The van der Waals surface area contributed by atoms with Gasteiger partial charge < -0.3 is 15.0 Å². The van der Waals surface area contributed by atoms with Gasteiger partial charge in [-0.25, -0.2) is 13.2 Å². The quantitative estimate of drug-likeness (QED) is 0.521. The number of halogens is 3. The molecule has 1 atom stereocenters. The molecule has 1 amide bonds. The van der Waals surface area contributed by atoms with Crippen LogP contribution in [0.2, 0.25) is 0 Å². The average molecular weight is 430 g/mol. The summed E-state index contributed by atoms with van der Waals surface area (Å²) >= 11 is 0. The van der Waals surface area contributed by atoms with Crippen LogP contribution in [0.3, 0.4) is 0 Å². The molecule has 5 nitrogen and oxygen atoms in total. The molecule has 31 heavy (non-hydrogen) atoms. The van der Waals surface area contributed by atoms with Crippen LogP contribution >= 0.6 is 0 Å². The molecule has 1 heterocycles. The summed E-state index contributed by atoms with van der Waals surface area (Å²) in [5.41, 5.74) is 1.38. The molecule has 0 aliphatic carbocycles. The lowest BCUT2D eigenvalue weighted by atomic mass is 10.0. The highest BCUT2D eigenvalue weighted by Gasteiger charge is 2.19. The van der Waals surface area contributed by atoms with E-state index in [1.165, 1.54) is 30.3 Å². The van der Waals surface area contributed by atoms with E-state index in [0.717, 1.165) is 0 Å². The van der Waals surface area contributed by atoms with Crippen molar-refractivity contribution in [2.45, 2.75) is 26.3 Å². The van der Waals surface area contributed by atoms with Crippen LogP contribution in [-0.4, -0.2) is 21.6 Å². The summed E-state index contributed by atoms with van der Waals surface area (Å²) in [4.78, 5) is 23.7. The van der Waals surface area contributed by atoms with E-state index in [1.54, 1.807) is 29.8 Å². The van der Waals surface area contributed by atoms with E-state index >= 15 is 0 Å². The molecule has 0 radical (unpaired) electrons. The largest absolute Gasteiger partial charge is 0.481 e. The number of aromatic nitrogens is 1. The van der Waals surface area contributed by atoms with Gasteiger partial charge in [-0.15, -0.1) is 0 Å². The molecule has 162 valence electrons. The Morgan fingerprint density at radius 2 is 1.81 bits per heavy atom. The van der Waals surface area contributed by atoms with Gasteiger partial charge in [-0.1, -0.05) is 37.8 Å². The van der Waals surface area contributed by atoms with E-state index in [4.69, 9.17) is 5.11 Å². The molecule has 3 rings (SSSR count). The number of aliphatic carboxylic acids is 1. The van der Waals surface area contributed by atoms with E-state index in [2.05, 4.69) is 11.9 Å². The van der Waals surface area contributed by atoms with Crippen molar-refractivity contribution < 1.29 is 27.9 Å². The lowest BCUT2D eigenvalue weighted by Crippen LogP contribution is -2.27. The summed E-state index contributed by atoms with van der Waals surface area (Å²) in [5, 5.41) is 11.7. The molecule has 1 aromatic heterocycles. The highest BCUT2D eigenvalue weighted by molar-refractivity contribution is 6.06. The fraction of sp³-hybridized carbons (Fsp3) is 0.217. The molecule has 3 aromatic rings. The number of nitrogens with zero attached hydrogens (tertiary/aromatic N) is 1. The number of allylic oxidation sites excluding steroid dienone is 1. The second kappa shape index (κ2) is 9.07. The van der Waals surface area contributed by atoms with Crippen molar-refractivity contribution in [3.63, 3.8) is 0 Å². The summed E-state index contributed by atoms with van der Waals surface area (Å²) in [6.07, 6.45) is -1.14. The predicted octanol–water partition coefficient (Wildman–Crippen LogP) is 5.12. The lowest BCUT2D eigenvalue weighted by Gasteiger charge is -2.16. The number of rotatable bonds is 8. The van der Waals surface area contributed by atoms with Gasteiger partial charge in [0.05, 0.1) is 17.5 Å². The fourth-order valence-electron chi connectivity index (χ4n) is 3.29. The van der Waals surface area contributed by atoms with Gasteiger partial charge in [-0.2, -0.15) is 0 Å². The van der Waals surface area contributed by atoms with Gasteiger partial charge in [0, 0.05) is 35.3 Å². The number of hydrogen-bond acceptors (Lipinski definition) is 2. The van der Waals surface area contributed by atoms with E-state index in [-0.39, 0.29) is 35.2 Å². The molecule has 8 heteroatoms. The van der Waals surface area contributed by atoms with Crippen LogP contribution in [0.4, 0.5) is 13.2 Å². The molecule has 0 aliphatic heterocycles. The first kappa shape index (κ1) is 22.1. The third-order valence-electron chi connectivity index (χ3n) is 5.05. The Morgan fingerprint density at radius 3 is 2.42 bits per heavy atom. The van der Waals surface area contributed by atoms with E-state index < -0.39 is 30.0 Å².